The molecule has 64 valence electrons. The molecule has 0 aliphatic carbocycles. The summed E-state index contributed by atoms with van der Waals surface area (Å²) in [6.45, 7) is 2.04. The van der Waals surface area contributed by atoms with Gasteiger partial charge in [-0.05, 0) is 18.1 Å². The molecule has 3 nitrogen and oxygen atoms in total. The van der Waals surface area contributed by atoms with Crippen molar-refractivity contribution < 1.29 is 0 Å². The summed E-state index contributed by atoms with van der Waals surface area (Å²) in [5, 5.41) is 9.90. The molecule has 13 heavy (non-hydrogen) atoms. The van der Waals surface area contributed by atoms with Gasteiger partial charge in [-0.1, -0.05) is 6.92 Å². The van der Waals surface area contributed by atoms with E-state index < -0.39 is 0 Å². The van der Waals surface area contributed by atoms with Crippen LogP contribution in [0.3, 0.4) is 0 Å². The zero-order chi connectivity index (χ0) is 9.26. The van der Waals surface area contributed by atoms with Crippen LogP contribution in [-0.2, 0) is 6.42 Å². The van der Waals surface area contributed by atoms with Crippen LogP contribution < -0.4 is 0 Å². The number of aromatic amines is 1. The molecule has 0 spiro atoms. The van der Waals surface area contributed by atoms with Crippen molar-refractivity contribution in [2.24, 2.45) is 0 Å². The van der Waals surface area contributed by atoms with Crippen LogP contribution in [0, 0.1) is 11.3 Å². The molecular formula is C10H9N3. The largest absolute Gasteiger partial charge is 0.346 e. The summed E-state index contributed by atoms with van der Waals surface area (Å²) in [5.74, 6) is 0. The van der Waals surface area contributed by atoms with Gasteiger partial charge in [-0.25, -0.2) is 4.98 Å². The van der Waals surface area contributed by atoms with Crippen LogP contribution >= 0.6 is 0 Å². The van der Waals surface area contributed by atoms with Gasteiger partial charge in [0.2, 0.25) is 0 Å². The van der Waals surface area contributed by atoms with Crippen LogP contribution in [0.4, 0.5) is 0 Å². The van der Waals surface area contributed by atoms with Gasteiger partial charge in [0.15, 0.2) is 0 Å². The number of nitrogens with one attached hydrogen (secondary N) is 1. The van der Waals surface area contributed by atoms with Gasteiger partial charge < -0.3 is 4.98 Å². The Hall–Kier alpha value is -1.82. The molecule has 0 bridgehead atoms. The molecule has 0 aliphatic rings. The lowest BCUT2D eigenvalue weighted by Gasteiger charge is -2.00. The molecular weight excluding hydrogens is 162 g/mol. The van der Waals surface area contributed by atoms with Gasteiger partial charge in [0.1, 0.15) is 11.7 Å². The normalized spacial score (nSPS) is 10.2. The minimum absolute atomic E-state index is 0.676. The third kappa shape index (κ3) is 1.07. The van der Waals surface area contributed by atoms with Crippen molar-refractivity contribution >= 4 is 11.0 Å². The number of aryl methyl sites for hydroxylation is 1. The lowest BCUT2D eigenvalue weighted by Crippen LogP contribution is -1.90. The average Bonchev–Trinajstić information content (AvgIpc) is 2.63. The maximum absolute atomic E-state index is 8.85. The highest BCUT2D eigenvalue weighted by Crippen LogP contribution is 2.19. The van der Waals surface area contributed by atoms with Crippen molar-refractivity contribution in [2.75, 3.05) is 0 Å². The van der Waals surface area contributed by atoms with Gasteiger partial charge in [-0.2, -0.15) is 5.26 Å². The van der Waals surface area contributed by atoms with Gasteiger partial charge in [-0.15, -0.1) is 0 Å². The number of H-pyrrole nitrogens is 1. The van der Waals surface area contributed by atoms with Gasteiger partial charge in [0, 0.05) is 17.8 Å². The van der Waals surface area contributed by atoms with Gasteiger partial charge in [0.25, 0.3) is 0 Å². The molecule has 0 aliphatic heterocycles. The Morgan fingerprint density at radius 3 is 3.15 bits per heavy atom. The van der Waals surface area contributed by atoms with Crippen molar-refractivity contribution in [3.05, 3.63) is 29.6 Å². The summed E-state index contributed by atoms with van der Waals surface area (Å²) in [6.07, 6.45) is 4.33. The fraction of sp³-hybridized carbons (Fsp3) is 0.200. The highest BCUT2D eigenvalue weighted by molar-refractivity contribution is 5.81. The average molecular weight is 171 g/mol. The topological polar surface area (TPSA) is 52.5 Å². The third-order valence-corrected chi connectivity index (χ3v) is 2.17. The second-order valence-electron chi connectivity index (χ2n) is 2.86. The highest BCUT2D eigenvalue weighted by Gasteiger charge is 2.06. The van der Waals surface area contributed by atoms with Gasteiger partial charge in [0.05, 0.1) is 5.56 Å². The summed E-state index contributed by atoms with van der Waals surface area (Å²) in [4.78, 5) is 7.17. The monoisotopic (exact) mass is 171 g/mol. The van der Waals surface area contributed by atoms with E-state index in [1.807, 2.05) is 19.2 Å². The number of fused-ring (bicyclic) bond motifs is 1. The van der Waals surface area contributed by atoms with Crippen LogP contribution in [0.15, 0.2) is 18.5 Å². The Morgan fingerprint density at radius 1 is 1.62 bits per heavy atom. The lowest BCUT2D eigenvalue weighted by atomic mass is 10.1. The van der Waals surface area contributed by atoms with E-state index in [-0.39, 0.29) is 0 Å². The lowest BCUT2D eigenvalue weighted by molar-refractivity contribution is 1.13. The van der Waals surface area contributed by atoms with E-state index in [4.69, 9.17) is 5.26 Å². The molecule has 2 aromatic rings. The first-order valence-corrected chi connectivity index (χ1v) is 4.22. The molecule has 0 saturated heterocycles. The Labute approximate surface area is 76.0 Å². The molecule has 0 amide bonds. The summed E-state index contributed by atoms with van der Waals surface area (Å²) in [5.41, 5.74) is 2.61. The number of hydrogen-bond donors (Lipinski definition) is 1. The number of pyridine rings is 1. The first-order valence-electron chi connectivity index (χ1n) is 4.22. The number of nitriles is 1. The minimum atomic E-state index is 0.676. The second-order valence-corrected chi connectivity index (χ2v) is 2.86. The van der Waals surface area contributed by atoms with E-state index in [0.29, 0.717) is 5.56 Å². The summed E-state index contributed by atoms with van der Waals surface area (Å²) >= 11 is 0. The smallest absolute Gasteiger partial charge is 0.137 e. The van der Waals surface area contributed by atoms with Crippen molar-refractivity contribution in [3.63, 3.8) is 0 Å². The number of hydrogen-bond acceptors (Lipinski definition) is 2. The number of nitrogens with zero attached hydrogens (tertiary/aromatic N) is 2. The molecule has 2 aromatic heterocycles. The quantitative estimate of drug-likeness (QED) is 0.713. The molecule has 0 radical (unpaired) electrons. The third-order valence-electron chi connectivity index (χ3n) is 2.17. The first kappa shape index (κ1) is 7.81. The fourth-order valence-electron chi connectivity index (χ4n) is 1.54. The molecule has 2 heterocycles. The standard InChI is InChI=1S/C10H9N3/c1-2-8-7(5-11)6-13-10-9(8)3-4-12-10/h3-4,6H,2H2,1H3,(H,12,13). The van der Waals surface area contributed by atoms with E-state index in [2.05, 4.69) is 16.0 Å². The van der Waals surface area contributed by atoms with Crippen LogP contribution in [-0.4, -0.2) is 9.97 Å². The fourth-order valence-corrected chi connectivity index (χ4v) is 1.54. The number of aromatic nitrogens is 2. The molecule has 0 unspecified atom stereocenters. The predicted molar refractivity (Wildman–Crippen MR) is 50.2 cm³/mol. The first-order chi connectivity index (χ1) is 6.36. The van der Waals surface area contributed by atoms with E-state index in [1.165, 1.54) is 0 Å². The van der Waals surface area contributed by atoms with E-state index in [9.17, 15) is 0 Å². The maximum atomic E-state index is 8.85. The van der Waals surface area contributed by atoms with Crippen LogP contribution in [0.5, 0.6) is 0 Å². The van der Waals surface area contributed by atoms with Crippen LogP contribution in [0.25, 0.3) is 11.0 Å². The Kier molecular flexibility index (Phi) is 1.75. The van der Waals surface area contributed by atoms with E-state index in [0.717, 1.165) is 23.0 Å². The molecule has 0 fully saturated rings. The highest BCUT2D eigenvalue weighted by atomic mass is 14.8. The zero-order valence-electron chi connectivity index (χ0n) is 7.33. The maximum Gasteiger partial charge on any atom is 0.137 e. The Morgan fingerprint density at radius 2 is 2.46 bits per heavy atom. The zero-order valence-corrected chi connectivity index (χ0v) is 7.33. The summed E-state index contributed by atoms with van der Waals surface area (Å²) < 4.78 is 0. The molecule has 0 aromatic carbocycles. The molecule has 0 atom stereocenters. The van der Waals surface area contributed by atoms with E-state index >= 15 is 0 Å². The molecule has 1 N–H and O–H groups in total. The SMILES string of the molecule is CCc1c(C#N)cnc2[nH]ccc12. The minimum Gasteiger partial charge on any atom is -0.346 e. The molecule has 2 rings (SSSR count). The van der Waals surface area contributed by atoms with Crippen molar-refractivity contribution in [1.29, 1.82) is 5.26 Å². The Balaban J connectivity index is 2.84. The van der Waals surface area contributed by atoms with Crippen LogP contribution in [0.1, 0.15) is 18.1 Å². The van der Waals surface area contributed by atoms with Crippen LogP contribution in [0.2, 0.25) is 0 Å². The van der Waals surface area contributed by atoms with Crippen molar-refractivity contribution in [1.82, 2.24) is 9.97 Å². The van der Waals surface area contributed by atoms with Gasteiger partial charge in [-0.3, -0.25) is 0 Å². The van der Waals surface area contributed by atoms with Gasteiger partial charge >= 0.3 is 0 Å². The summed E-state index contributed by atoms with van der Waals surface area (Å²) in [7, 11) is 0. The van der Waals surface area contributed by atoms with Crippen molar-refractivity contribution in [3.8, 4) is 6.07 Å². The molecule has 0 saturated carbocycles. The van der Waals surface area contributed by atoms with E-state index in [1.54, 1.807) is 6.20 Å². The second kappa shape index (κ2) is 2.91. The summed E-state index contributed by atoms with van der Waals surface area (Å²) in [6, 6.07) is 4.11. The predicted octanol–water partition coefficient (Wildman–Crippen LogP) is 2.00. The number of rotatable bonds is 1. The Bertz CT molecular complexity index is 476. The molecule has 3 heteroatoms. The van der Waals surface area contributed by atoms with Crippen molar-refractivity contribution in [2.45, 2.75) is 13.3 Å².